The molecule has 1 N–H and O–H groups in total. The van der Waals surface area contributed by atoms with Gasteiger partial charge in [0.15, 0.2) is 5.76 Å². The van der Waals surface area contributed by atoms with E-state index >= 15 is 0 Å². The number of hydrogen-bond acceptors (Lipinski definition) is 5. The van der Waals surface area contributed by atoms with Crippen molar-refractivity contribution in [3.05, 3.63) is 23.8 Å². The summed E-state index contributed by atoms with van der Waals surface area (Å²) in [7, 11) is 0. The largest absolute Gasteiger partial charge is 0.461 e. The van der Waals surface area contributed by atoms with Crippen LogP contribution < -0.4 is 0 Å². The third kappa shape index (κ3) is 1.42. The lowest BCUT2D eigenvalue weighted by Crippen LogP contribution is -1.90. The standard InChI is InChI=1S/C9H10N2O3/c1-5-3-4-13-7(5)8-10-9(6(2)12)14-11-8/h3-4,6,12H,1-2H3. The van der Waals surface area contributed by atoms with E-state index < -0.39 is 6.10 Å². The second-order valence-corrected chi connectivity index (χ2v) is 3.06. The molecule has 0 aliphatic heterocycles. The van der Waals surface area contributed by atoms with E-state index in [-0.39, 0.29) is 5.89 Å². The molecule has 2 heterocycles. The quantitative estimate of drug-likeness (QED) is 0.787. The van der Waals surface area contributed by atoms with E-state index in [0.717, 1.165) is 5.56 Å². The van der Waals surface area contributed by atoms with Crippen molar-refractivity contribution < 1.29 is 14.0 Å². The molecule has 14 heavy (non-hydrogen) atoms. The lowest BCUT2D eigenvalue weighted by atomic mass is 10.3. The first-order chi connectivity index (χ1) is 6.68. The number of furan rings is 1. The average molecular weight is 194 g/mol. The van der Waals surface area contributed by atoms with Crippen LogP contribution in [0.5, 0.6) is 0 Å². The van der Waals surface area contributed by atoms with Gasteiger partial charge in [-0.3, -0.25) is 0 Å². The number of aliphatic hydroxyl groups is 1. The molecule has 0 bridgehead atoms. The Morgan fingerprint density at radius 1 is 1.50 bits per heavy atom. The molecule has 2 aromatic heterocycles. The van der Waals surface area contributed by atoms with Gasteiger partial charge in [0.05, 0.1) is 6.26 Å². The van der Waals surface area contributed by atoms with E-state index in [4.69, 9.17) is 8.94 Å². The van der Waals surface area contributed by atoms with Gasteiger partial charge in [-0.2, -0.15) is 4.98 Å². The zero-order valence-corrected chi connectivity index (χ0v) is 7.89. The first-order valence-corrected chi connectivity index (χ1v) is 4.24. The van der Waals surface area contributed by atoms with E-state index in [2.05, 4.69) is 10.1 Å². The van der Waals surface area contributed by atoms with Gasteiger partial charge in [-0.1, -0.05) is 5.16 Å². The molecule has 2 rings (SSSR count). The summed E-state index contributed by atoms with van der Waals surface area (Å²) in [6.45, 7) is 3.45. The van der Waals surface area contributed by atoms with Gasteiger partial charge in [-0.25, -0.2) is 0 Å². The van der Waals surface area contributed by atoms with Crippen molar-refractivity contribution in [3.63, 3.8) is 0 Å². The van der Waals surface area contributed by atoms with Crippen molar-refractivity contribution in [2.75, 3.05) is 0 Å². The molecule has 5 heteroatoms. The summed E-state index contributed by atoms with van der Waals surface area (Å²) in [5.74, 6) is 1.12. The SMILES string of the molecule is Cc1ccoc1-c1noc(C(C)O)n1. The fourth-order valence-corrected chi connectivity index (χ4v) is 1.10. The molecule has 0 aromatic carbocycles. The highest BCUT2D eigenvalue weighted by molar-refractivity contribution is 5.50. The molecule has 5 nitrogen and oxygen atoms in total. The van der Waals surface area contributed by atoms with Crippen LogP contribution in [0, 0.1) is 6.92 Å². The van der Waals surface area contributed by atoms with E-state index in [1.807, 2.05) is 13.0 Å². The fourth-order valence-electron chi connectivity index (χ4n) is 1.10. The molecule has 0 fully saturated rings. The van der Waals surface area contributed by atoms with Crippen molar-refractivity contribution in [3.8, 4) is 11.6 Å². The van der Waals surface area contributed by atoms with Gasteiger partial charge in [0.25, 0.3) is 5.89 Å². The highest BCUT2D eigenvalue weighted by Crippen LogP contribution is 2.22. The van der Waals surface area contributed by atoms with Crippen LogP contribution in [0.15, 0.2) is 21.3 Å². The van der Waals surface area contributed by atoms with E-state index in [0.29, 0.717) is 11.6 Å². The minimum atomic E-state index is -0.758. The van der Waals surface area contributed by atoms with Crippen molar-refractivity contribution in [2.45, 2.75) is 20.0 Å². The molecule has 0 saturated heterocycles. The predicted octanol–water partition coefficient (Wildman–Crippen LogP) is 1.69. The first kappa shape index (κ1) is 8.96. The molecule has 1 atom stereocenters. The van der Waals surface area contributed by atoms with Gasteiger partial charge in [0.2, 0.25) is 5.82 Å². The molecule has 1 unspecified atom stereocenters. The van der Waals surface area contributed by atoms with Gasteiger partial charge in [-0.15, -0.1) is 0 Å². The maximum Gasteiger partial charge on any atom is 0.255 e. The minimum Gasteiger partial charge on any atom is -0.461 e. The first-order valence-electron chi connectivity index (χ1n) is 4.24. The van der Waals surface area contributed by atoms with Gasteiger partial charge in [0, 0.05) is 0 Å². The van der Waals surface area contributed by atoms with Crippen molar-refractivity contribution in [1.82, 2.24) is 10.1 Å². The molecule has 2 aromatic rings. The zero-order valence-electron chi connectivity index (χ0n) is 7.89. The number of aryl methyl sites for hydroxylation is 1. The zero-order chi connectivity index (χ0) is 10.1. The van der Waals surface area contributed by atoms with E-state index in [1.165, 1.54) is 0 Å². The molecule has 0 saturated carbocycles. The topological polar surface area (TPSA) is 72.3 Å². The van der Waals surface area contributed by atoms with Crippen LogP contribution in [-0.2, 0) is 0 Å². The maximum absolute atomic E-state index is 9.18. The molecule has 0 aliphatic carbocycles. The van der Waals surface area contributed by atoms with Gasteiger partial charge >= 0.3 is 0 Å². The smallest absolute Gasteiger partial charge is 0.255 e. The Kier molecular flexibility index (Phi) is 2.09. The molecular formula is C9H10N2O3. The fraction of sp³-hybridized carbons (Fsp3) is 0.333. The molecule has 0 amide bonds. The minimum absolute atomic E-state index is 0.191. The van der Waals surface area contributed by atoms with Gasteiger partial charge in [-0.05, 0) is 25.5 Å². The third-order valence-corrected chi connectivity index (χ3v) is 1.86. The Hall–Kier alpha value is -1.62. The second-order valence-electron chi connectivity index (χ2n) is 3.06. The number of aliphatic hydroxyl groups excluding tert-OH is 1. The molecule has 0 aliphatic rings. The highest BCUT2D eigenvalue weighted by atomic mass is 16.5. The summed E-state index contributed by atoms with van der Waals surface area (Å²) in [5, 5.41) is 12.9. The summed E-state index contributed by atoms with van der Waals surface area (Å²) < 4.78 is 10.0. The van der Waals surface area contributed by atoms with Crippen LogP contribution in [0.3, 0.4) is 0 Å². The lowest BCUT2D eigenvalue weighted by Gasteiger charge is -1.91. The van der Waals surface area contributed by atoms with Crippen molar-refractivity contribution in [1.29, 1.82) is 0 Å². The molecular weight excluding hydrogens is 184 g/mol. The number of aromatic nitrogens is 2. The Labute approximate surface area is 80.4 Å². The summed E-state index contributed by atoms with van der Waals surface area (Å²) in [5.41, 5.74) is 0.933. The normalized spacial score (nSPS) is 13.1. The van der Waals surface area contributed by atoms with Crippen LogP contribution >= 0.6 is 0 Å². The predicted molar refractivity (Wildman–Crippen MR) is 47.4 cm³/mol. The Morgan fingerprint density at radius 3 is 2.79 bits per heavy atom. The van der Waals surface area contributed by atoms with E-state index in [1.54, 1.807) is 13.2 Å². The van der Waals surface area contributed by atoms with Crippen molar-refractivity contribution >= 4 is 0 Å². The van der Waals surface area contributed by atoms with Crippen LogP contribution in [0.1, 0.15) is 24.5 Å². The summed E-state index contributed by atoms with van der Waals surface area (Å²) >= 11 is 0. The lowest BCUT2D eigenvalue weighted by molar-refractivity contribution is 0.152. The van der Waals surface area contributed by atoms with Gasteiger partial charge < -0.3 is 14.0 Å². The van der Waals surface area contributed by atoms with Crippen LogP contribution in [-0.4, -0.2) is 15.2 Å². The van der Waals surface area contributed by atoms with Crippen LogP contribution in [0.4, 0.5) is 0 Å². The van der Waals surface area contributed by atoms with E-state index in [9.17, 15) is 5.11 Å². The van der Waals surface area contributed by atoms with Crippen LogP contribution in [0.2, 0.25) is 0 Å². The molecule has 74 valence electrons. The second kappa shape index (κ2) is 3.26. The Bertz CT molecular complexity index is 431. The Morgan fingerprint density at radius 2 is 2.29 bits per heavy atom. The Balaban J connectivity index is 2.39. The number of nitrogens with zero attached hydrogens (tertiary/aromatic N) is 2. The molecule has 0 radical (unpaired) electrons. The summed E-state index contributed by atoms with van der Waals surface area (Å²) in [6.07, 6.45) is 0.801. The number of hydrogen-bond donors (Lipinski definition) is 1. The highest BCUT2D eigenvalue weighted by Gasteiger charge is 2.15. The molecule has 0 spiro atoms. The third-order valence-electron chi connectivity index (χ3n) is 1.86. The monoisotopic (exact) mass is 194 g/mol. The van der Waals surface area contributed by atoms with Crippen LogP contribution in [0.25, 0.3) is 11.6 Å². The van der Waals surface area contributed by atoms with Crippen molar-refractivity contribution in [2.24, 2.45) is 0 Å². The summed E-state index contributed by atoms with van der Waals surface area (Å²) in [4.78, 5) is 3.99. The van der Waals surface area contributed by atoms with Gasteiger partial charge in [0.1, 0.15) is 6.10 Å². The average Bonchev–Trinajstić information content (AvgIpc) is 2.71. The number of rotatable bonds is 2. The summed E-state index contributed by atoms with van der Waals surface area (Å²) in [6, 6.07) is 1.81. The maximum atomic E-state index is 9.18.